The number of aromatic nitrogens is 1. The minimum atomic E-state index is -1.09. The second kappa shape index (κ2) is 9.72. The number of carbonyl (C=O) groups is 3. The first-order valence-corrected chi connectivity index (χ1v) is 10.8. The lowest BCUT2D eigenvalue weighted by Gasteiger charge is -2.13. The molecule has 0 fully saturated rings. The van der Waals surface area contributed by atoms with Crippen molar-refractivity contribution in [2.24, 2.45) is 0 Å². The standard InChI is InChI=1S/C23H14Cl3FN4O3/c24-13-8-9-18-12(10-13)11-19(21(32)28-16-6-2-1-5-15(16)27)31(18)30-23(34)22(33)29-17-7-3-4-14(25)20(17)26/h1-11H,(H,28,32)(H,29,33)(H,30,34). The number of benzene rings is 3. The SMILES string of the molecule is O=C(Nc1cccc(Cl)c1Cl)C(=O)Nn1c(C(=O)Nc2ccccc2F)cc2cc(Cl)ccc21. The maximum absolute atomic E-state index is 14.0. The van der Waals surface area contributed by atoms with E-state index >= 15 is 0 Å². The molecule has 11 heteroatoms. The van der Waals surface area contributed by atoms with Gasteiger partial charge in [0, 0.05) is 10.4 Å². The van der Waals surface area contributed by atoms with Crippen LogP contribution in [0.4, 0.5) is 15.8 Å². The largest absolute Gasteiger partial charge is 0.328 e. The highest BCUT2D eigenvalue weighted by Gasteiger charge is 2.22. The number of hydrogen-bond donors (Lipinski definition) is 3. The van der Waals surface area contributed by atoms with Crippen LogP contribution in [0.5, 0.6) is 0 Å². The molecule has 4 rings (SSSR count). The smallest absolute Gasteiger partial charge is 0.318 e. The molecule has 0 unspecified atom stereocenters. The predicted octanol–water partition coefficient (Wildman–Crippen LogP) is 5.70. The summed E-state index contributed by atoms with van der Waals surface area (Å²) in [6.45, 7) is 0. The van der Waals surface area contributed by atoms with Crippen molar-refractivity contribution in [2.75, 3.05) is 16.1 Å². The fourth-order valence-corrected chi connectivity index (χ4v) is 3.68. The Morgan fingerprint density at radius 2 is 1.53 bits per heavy atom. The average molecular weight is 520 g/mol. The van der Waals surface area contributed by atoms with E-state index in [4.69, 9.17) is 34.8 Å². The molecule has 0 radical (unpaired) electrons. The summed E-state index contributed by atoms with van der Waals surface area (Å²) in [6, 6.07) is 16.3. The van der Waals surface area contributed by atoms with Crippen LogP contribution in [-0.2, 0) is 9.59 Å². The number of halogens is 4. The van der Waals surface area contributed by atoms with Crippen LogP contribution in [0.25, 0.3) is 10.9 Å². The van der Waals surface area contributed by atoms with E-state index in [0.29, 0.717) is 15.9 Å². The number of carbonyl (C=O) groups excluding carboxylic acids is 3. The molecule has 0 aliphatic carbocycles. The van der Waals surface area contributed by atoms with Gasteiger partial charge in [-0.05, 0) is 48.5 Å². The molecule has 34 heavy (non-hydrogen) atoms. The van der Waals surface area contributed by atoms with Gasteiger partial charge in [-0.2, -0.15) is 0 Å². The predicted molar refractivity (Wildman–Crippen MR) is 131 cm³/mol. The number of nitrogens with one attached hydrogen (secondary N) is 3. The minimum absolute atomic E-state index is 0.0537. The summed E-state index contributed by atoms with van der Waals surface area (Å²) in [5, 5.41) is 5.97. The number of fused-ring (bicyclic) bond motifs is 1. The molecule has 0 spiro atoms. The van der Waals surface area contributed by atoms with Crippen LogP contribution in [0.15, 0.2) is 66.7 Å². The molecule has 172 valence electrons. The molecule has 4 aromatic rings. The molecule has 3 aromatic carbocycles. The first kappa shape index (κ1) is 23.6. The lowest BCUT2D eigenvalue weighted by molar-refractivity contribution is -0.133. The lowest BCUT2D eigenvalue weighted by Crippen LogP contribution is -2.36. The van der Waals surface area contributed by atoms with Gasteiger partial charge in [0.2, 0.25) is 0 Å². The summed E-state index contributed by atoms with van der Waals surface area (Å²) in [4.78, 5) is 38.1. The Bertz CT molecular complexity index is 1450. The van der Waals surface area contributed by atoms with Crippen molar-refractivity contribution in [3.63, 3.8) is 0 Å². The summed E-state index contributed by atoms with van der Waals surface area (Å²) in [5.74, 6) is -3.51. The van der Waals surface area contributed by atoms with E-state index in [1.54, 1.807) is 30.3 Å². The van der Waals surface area contributed by atoms with Gasteiger partial charge in [0.1, 0.15) is 11.5 Å². The van der Waals surface area contributed by atoms with Gasteiger partial charge in [-0.15, -0.1) is 0 Å². The number of hydrogen-bond acceptors (Lipinski definition) is 3. The van der Waals surface area contributed by atoms with Crippen molar-refractivity contribution >= 4 is 74.8 Å². The van der Waals surface area contributed by atoms with Gasteiger partial charge in [-0.1, -0.05) is 53.0 Å². The lowest BCUT2D eigenvalue weighted by atomic mass is 10.2. The van der Waals surface area contributed by atoms with E-state index in [9.17, 15) is 18.8 Å². The Kier molecular flexibility index (Phi) is 6.74. The van der Waals surface area contributed by atoms with E-state index < -0.39 is 23.5 Å². The van der Waals surface area contributed by atoms with Gasteiger partial charge < -0.3 is 10.6 Å². The van der Waals surface area contributed by atoms with Crippen LogP contribution in [0, 0.1) is 5.82 Å². The fraction of sp³-hybridized carbons (Fsp3) is 0. The van der Waals surface area contributed by atoms with Gasteiger partial charge in [0.05, 0.1) is 26.9 Å². The third-order valence-electron chi connectivity index (χ3n) is 4.74. The zero-order valence-electron chi connectivity index (χ0n) is 17.0. The number of para-hydroxylation sites is 1. The third-order valence-corrected chi connectivity index (χ3v) is 5.79. The Balaban J connectivity index is 1.65. The second-order valence-electron chi connectivity index (χ2n) is 7.00. The highest BCUT2D eigenvalue weighted by atomic mass is 35.5. The highest BCUT2D eigenvalue weighted by molar-refractivity contribution is 6.46. The van der Waals surface area contributed by atoms with E-state index in [2.05, 4.69) is 16.1 Å². The van der Waals surface area contributed by atoms with Crippen LogP contribution >= 0.6 is 34.8 Å². The maximum Gasteiger partial charge on any atom is 0.328 e. The Morgan fingerprint density at radius 3 is 2.29 bits per heavy atom. The van der Waals surface area contributed by atoms with Gasteiger partial charge in [-0.3, -0.25) is 19.8 Å². The minimum Gasteiger partial charge on any atom is -0.318 e. The summed E-state index contributed by atoms with van der Waals surface area (Å²) in [5.41, 5.74) is 2.77. The van der Waals surface area contributed by atoms with Gasteiger partial charge in [-0.25, -0.2) is 9.07 Å². The molecule has 0 saturated heterocycles. The molecule has 0 saturated carbocycles. The Hall–Kier alpha value is -3.59. The van der Waals surface area contributed by atoms with Crippen LogP contribution in [0.3, 0.4) is 0 Å². The second-order valence-corrected chi connectivity index (χ2v) is 8.22. The van der Waals surface area contributed by atoms with Crippen LogP contribution in [-0.4, -0.2) is 22.4 Å². The molecular weight excluding hydrogens is 506 g/mol. The van der Waals surface area contributed by atoms with E-state index in [0.717, 1.165) is 4.68 Å². The zero-order chi connectivity index (χ0) is 24.4. The highest BCUT2D eigenvalue weighted by Crippen LogP contribution is 2.29. The number of nitrogens with zero attached hydrogens (tertiary/aromatic N) is 1. The van der Waals surface area contributed by atoms with E-state index in [1.165, 1.54) is 36.4 Å². The molecule has 3 N–H and O–H groups in total. The number of rotatable bonds is 4. The molecule has 0 aliphatic rings. The summed E-state index contributed by atoms with van der Waals surface area (Å²) < 4.78 is 15.1. The van der Waals surface area contributed by atoms with Crippen molar-refractivity contribution < 1.29 is 18.8 Å². The van der Waals surface area contributed by atoms with Crippen LogP contribution < -0.4 is 16.1 Å². The third kappa shape index (κ3) is 4.84. The van der Waals surface area contributed by atoms with Gasteiger partial charge in [0.15, 0.2) is 0 Å². The molecule has 0 bridgehead atoms. The molecule has 1 aromatic heterocycles. The summed E-state index contributed by atoms with van der Waals surface area (Å²) in [6.07, 6.45) is 0. The van der Waals surface area contributed by atoms with Crippen molar-refractivity contribution in [2.45, 2.75) is 0 Å². The monoisotopic (exact) mass is 518 g/mol. The number of amides is 3. The summed E-state index contributed by atoms with van der Waals surface area (Å²) in [7, 11) is 0. The number of anilines is 2. The zero-order valence-corrected chi connectivity index (χ0v) is 19.3. The van der Waals surface area contributed by atoms with Crippen molar-refractivity contribution in [1.29, 1.82) is 0 Å². The molecular formula is C23H14Cl3FN4O3. The van der Waals surface area contributed by atoms with Crippen molar-refractivity contribution in [3.8, 4) is 0 Å². The summed E-state index contributed by atoms with van der Waals surface area (Å²) >= 11 is 18.0. The van der Waals surface area contributed by atoms with E-state index in [-0.39, 0.29) is 27.1 Å². The van der Waals surface area contributed by atoms with Gasteiger partial charge >= 0.3 is 11.8 Å². The molecule has 7 nitrogen and oxygen atoms in total. The van der Waals surface area contributed by atoms with Crippen molar-refractivity contribution in [3.05, 3.63) is 93.3 Å². The fourth-order valence-electron chi connectivity index (χ4n) is 3.15. The van der Waals surface area contributed by atoms with E-state index in [1.807, 2.05) is 0 Å². The van der Waals surface area contributed by atoms with Crippen LogP contribution in [0.2, 0.25) is 15.1 Å². The first-order valence-electron chi connectivity index (χ1n) is 9.68. The first-order chi connectivity index (χ1) is 16.2. The Morgan fingerprint density at radius 1 is 0.794 bits per heavy atom. The average Bonchev–Trinajstić information content (AvgIpc) is 3.15. The molecule has 1 heterocycles. The molecule has 0 atom stereocenters. The maximum atomic E-state index is 14.0. The Labute approximate surface area is 207 Å². The van der Waals surface area contributed by atoms with Gasteiger partial charge in [0.25, 0.3) is 5.91 Å². The quantitative estimate of drug-likeness (QED) is 0.302. The van der Waals surface area contributed by atoms with Crippen LogP contribution in [0.1, 0.15) is 10.5 Å². The topological polar surface area (TPSA) is 92.2 Å². The van der Waals surface area contributed by atoms with Crippen molar-refractivity contribution in [1.82, 2.24) is 4.68 Å². The molecule has 3 amide bonds. The molecule has 0 aliphatic heterocycles. The normalized spacial score (nSPS) is 10.7.